The predicted octanol–water partition coefficient (Wildman–Crippen LogP) is 4.94. The van der Waals surface area contributed by atoms with Crippen LogP contribution in [0.25, 0.3) is 0 Å². The van der Waals surface area contributed by atoms with Gasteiger partial charge >= 0.3 is 12.1 Å². The molecule has 3 unspecified atom stereocenters. The number of esters is 1. The van der Waals surface area contributed by atoms with E-state index in [0.29, 0.717) is 3.39 Å². The van der Waals surface area contributed by atoms with Gasteiger partial charge in [0.05, 0.1) is 9.31 Å². The first-order valence-corrected chi connectivity index (χ1v) is 7.94. The van der Waals surface area contributed by atoms with Crippen LogP contribution in [0.15, 0.2) is 21.1 Å². The monoisotopic (exact) mass is 442 g/mol. The van der Waals surface area contributed by atoms with Crippen LogP contribution in [0.2, 0.25) is 0 Å². The molecule has 0 radical (unpaired) electrons. The molecule has 0 saturated heterocycles. The summed E-state index contributed by atoms with van der Waals surface area (Å²) in [6.07, 6.45) is 1.23. The van der Waals surface area contributed by atoms with E-state index in [-0.39, 0.29) is 23.0 Å². The predicted molar refractivity (Wildman–Crippen MR) is 85.2 cm³/mol. The lowest BCUT2D eigenvalue weighted by Crippen LogP contribution is -2.22. The quantitative estimate of drug-likeness (QED) is 0.349. The lowest BCUT2D eigenvalue weighted by molar-refractivity contribution is -0.148. The summed E-state index contributed by atoms with van der Waals surface area (Å²) in [5.74, 6) is 0.975. The van der Waals surface area contributed by atoms with Gasteiger partial charge in [0.2, 0.25) is 0 Å². The highest BCUT2D eigenvalue weighted by atomic mass is 79.9. The molecule has 3 atom stereocenters. The number of carbonyl (C=O) groups is 1. The molecule has 2 nitrogen and oxygen atoms in total. The lowest BCUT2D eigenvalue weighted by Gasteiger charge is -2.14. The van der Waals surface area contributed by atoms with E-state index in [4.69, 9.17) is 11.2 Å². The van der Waals surface area contributed by atoms with Crippen LogP contribution in [-0.4, -0.2) is 18.2 Å². The molecular weight excluding hydrogens is 429 g/mol. The molecule has 0 spiro atoms. The molecule has 0 bridgehead atoms. The van der Waals surface area contributed by atoms with E-state index in [1.54, 1.807) is 0 Å². The van der Waals surface area contributed by atoms with Gasteiger partial charge in [0.1, 0.15) is 0 Å². The zero-order chi connectivity index (χ0) is 17.3. The van der Waals surface area contributed by atoms with Crippen molar-refractivity contribution < 1.29 is 22.7 Å². The summed E-state index contributed by atoms with van der Waals surface area (Å²) < 4.78 is 42.8. The van der Waals surface area contributed by atoms with Crippen molar-refractivity contribution >= 4 is 37.8 Å². The molecule has 1 fully saturated rings. The largest absolute Gasteiger partial charge is 0.444 e. The molecule has 0 aromatic heterocycles. The van der Waals surface area contributed by atoms with Crippen molar-refractivity contribution in [1.29, 1.82) is 0 Å². The van der Waals surface area contributed by atoms with E-state index in [1.165, 1.54) is 6.92 Å². The average molecular weight is 444 g/mol. The lowest BCUT2D eigenvalue weighted by atomic mass is 10.1. The van der Waals surface area contributed by atoms with Crippen molar-refractivity contribution in [2.24, 2.45) is 17.3 Å². The number of terminal acetylenes is 1. The molecular formula is C15H15Br2F3O2. The number of alkyl halides is 3. The Morgan fingerprint density at radius 2 is 1.95 bits per heavy atom. The van der Waals surface area contributed by atoms with Gasteiger partial charge in [-0.25, -0.2) is 0 Å². The minimum atomic E-state index is -4.50. The maximum absolute atomic E-state index is 12.3. The number of allylic oxidation sites excluding steroid dienone is 2. The molecule has 22 heavy (non-hydrogen) atoms. The number of hydrogen-bond acceptors (Lipinski definition) is 2. The first-order chi connectivity index (χ1) is 9.90. The van der Waals surface area contributed by atoms with Crippen molar-refractivity contribution in [3.05, 3.63) is 21.1 Å². The van der Waals surface area contributed by atoms with E-state index >= 15 is 0 Å². The molecule has 0 aromatic carbocycles. The van der Waals surface area contributed by atoms with E-state index in [0.717, 1.165) is 0 Å². The van der Waals surface area contributed by atoms with Crippen LogP contribution < -0.4 is 0 Å². The fourth-order valence-corrected chi connectivity index (χ4v) is 2.93. The zero-order valence-electron chi connectivity index (χ0n) is 12.2. The van der Waals surface area contributed by atoms with Crippen LogP contribution in [0.5, 0.6) is 0 Å². The molecule has 1 rings (SSSR count). The summed E-state index contributed by atoms with van der Waals surface area (Å²) in [4.78, 5) is 12.2. The standard InChI is InChI=1S/C15H15Br2F3O2/c1-5-10(8(2)7-15(18,19)20)22-13(21)12-9(6-11(16)17)14(12,3)4/h1,6-7,9-10,12H,2-4H3/b8-7+. The van der Waals surface area contributed by atoms with Crippen LogP contribution in [-0.2, 0) is 9.53 Å². The molecule has 1 saturated carbocycles. The highest BCUT2D eigenvalue weighted by molar-refractivity contribution is 9.28. The van der Waals surface area contributed by atoms with Gasteiger partial charge in [-0.2, -0.15) is 13.2 Å². The third-order valence-corrected chi connectivity index (χ3v) is 4.19. The van der Waals surface area contributed by atoms with Crippen LogP contribution >= 0.6 is 31.9 Å². The van der Waals surface area contributed by atoms with Crippen LogP contribution in [0, 0.1) is 29.6 Å². The summed E-state index contributed by atoms with van der Waals surface area (Å²) in [7, 11) is 0. The maximum atomic E-state index is 12.3. The Hall–Kier alpha value is -0.740. The van der Waals surface area contributed by atoms with E-state index in [9.17, 15) is 18.0 Å². The number of ether oxygens (including phenoxy) is 1. The fourth-order valence-electron chi connectivity index (χ4n) is 2.36. The SMILES string of the molecule is C#CC(OC(=O)C1C(C=C(Br)Br)C1(C)C)/C(C)=C/C(F)(F)F. The van der Waals surface area contributed by atoms with Crippen molar-refractivity contribution in [3.63, 3.8) is 0 Å². The number of hydrogen-bond donors (Lipinski definition) is 0. The molecule has 0 aliphatic heterocycles. The molecule has 7 heteroatoms. The second-order valence-electron chi connectivity index (χ2n) is 5.69. The Balaban J connectivity index is 2.82. The molecule has 0 aromatic rings. The number of halogens is 5. The van der Waals surface area contributed by atoms with Gasteiger partial charge in [-0.1, -0.05) is 25.8 Å². The summed E-state index contributed by atoms with van der Waals surface area (Å²) in [6.45, 7) is 4.95. The van der Waals surface area contributed by atoms with Crippen molar-refractivity contribution in [3.8, 4) is 12.3 Å². The topological polar surface area (TPSA) is 26.3 Å². The Bertz CT molecular complexity index is 552. The van der Waals surface area contributed by atoms with Gasteiger partial charge in [-0.15, -0.1) is 6.42 Å². The van der Waals surface area contributed by atoms with Crippen LogP contribution in [0.4, 0.5) is 13.2 Å². The van der Waals surface area contributed by atoms with Crippen LogP contribution in [0.1, 0.15) is 20.8 Å². The summed E-state index contributed by atoms with van der Waals surface area (Å²) in [6, 6.07) is 0. The van der Waals surface area contributed by atoms with Gasteiger partial charge in [-0.3, -0.25) is 4.79 Å². The Kier molecular flexibility index (Phi) is 5.96. The third-order valence-electron chi connectivity index (χ3n) is 3.66. The van der Waals surface area contributed by atoms with Gasteiger partial charge in [-0.05, 0) is 55.7 Å². The second kappa shape index (κ2) is 6.79. The van der Waals surface area contributed by atoms with Gasteiger partial charge < -0.3 is 4.74 Å². The Morgan fingerprint density at radius 3 is 2.36 bits per heavy atom. The summed E-state index contributed by atoms with van der Waals surface area (Å²) >= 11 is 6.45. The number of carbonyl (C=O) groups excluding carboxylic acids is 1. The van der Waals surface area contributed by atoms with Crippen molar-refractivity contribution in [2.45, 2.75) is 33.1 Å². The Labute approximate surface area is 144 Å². The highest BCUT2D eigenvalue weighted by Gasteiger charge is 2.61. The van der Waals surface area contributed by atoms with Crippen molar-refractivity contribution in [2.75, 3.05) is 0 Å². The number of rotatable bonds is 4. The zero-order valence-corrected chi connectivity index (χ0v) is 15.3. The van der Waals surface area contributed by atoms with Gasteiger partial charge in [0.25, 0.3) is 0 Å². The molecule has 1 aliphatic rings. The molecule has 122 valence electrons. The van der Waals surface area contributed by atoms with Gasteiger partial charge in [0, 0.05) is 6.08 Å². The highest BCUT2D eigenvalue weighted by Crippen LogP contribution is 2.60. The van der Waals surface area contributed by atoms with Crippen LogP contribution in [0.3, 0.4) is 0 Å². The molecule has 0 N–H and O–H groups in total. The summed E-state index contributed by atoms with van der Waals surface area (Å²) in [5.41, 5.74) is -0.555. The first kappa shape index (κ1) is 19.3. The minimum Gasteiger partial charge on any atom is -0.444 e. The maximum Gasteiger partial charge on any atom is 0.409 e. The molecule has 0 amide bonds. The minimum absolute atomic E-state index is 0.0509. The second-order valence-corrected chi connectivity index (χ2v) is 8.47. The first-order valence-electron chi connectivity index (χ1n) is 6.35. The smallest absolute Gasteiger partial charge is 0.409 e. The molecule has 0 heterocycles. The van der Waals surface area contributed by atoms with Crippen molar-refractivity contribution in [1.82, 2.24) is 0 Å². The Morgan fingerprint density at radius 1 is 1.41 bits per heavy atom. The van der Waals surface area contributed by atoms with E-state index in [2.05, 4.69) is 37.8 Å². The fraction of sp³-hybridized carbons (Fsp3) is 0.533. The van der Waals surface area contributed by atoms with E-state index < -0.39 is 24.2 Å². The molecule has 1 aliphatic carbocycles. The summed E-state index contributed by atoms with van der Waals surface area (Å²) in [5, 5.41) is 0. The average Bonchev–Trinajstić information content (AvgIpc) is 2.84. The normalized spacial score (nSPS) is 25.0. The van der Waals surface area contributed by atoms with Gasteiger partial charge in [0.15, 0.2) is 6.10 Å². The van der Waals surface area contributed by atoms with E-state index in [1.807, 2.05) is 19.9 Å². The third kappa shape index (κ3) is 4.88.